The van der Waals surface area contributed by atoms with Gasteiger partial charge in [-0.3, -0.25) is 0 Å². The minimum Gasteiger partial charge on any atom is -0.397 e. The number of piperidine rings is 1. The number of likely N-dealkylation sites (tertiary alicyclic amines) is 1. The Labute approximate surface area is 115 Å². The topological polar surface area (TPSA) is 32.5 Å². The zero-order chi connectivity index (χ0) is 13.3. The molecule has 0 amide bonds. The first kappa shape index (κ1) is 13.5. The van der Waals surface area contributed by atoms with Gasteiger partial charge >= 0.3 is 0 Å². The average Bonchev–Trinajstić information content (AvgIpc) is 2.35. The molecular formula is C14H22ClN3. The Hall–Kier alpha value is -0.930. The van der Waals surface area contributed by atoms with Crippen molar-refractivity contribution < 1.29 is 0 Å². The number of anilines is 2. The van der Waals surface area contributed by atoms with Crippen molar-refractivity contribution in [3.63, 3.8) is 0 Å². The number of benzene rings is 1. The summed E-state index contributed by atoms with van der Waals surface area (Å²) in [6.07, 6.45) is 2.36. The molecule has 0 unspecified atom stereocenters. The van der Waals surface area contributed by atoms with Crippen LogP contribution in [0.15, 0.2) is 12.1 Å². The lowest BCUT2D eigenvalue weighted by molar-refractivity contribution is 0.253. The molecular weight excluding hydrogens is 246 g/mol. The fourth-order valence-corrected chi connectivity index (χ4v) is 2.88. The van der Waals surface area contributed by atoms with Gasteiger partial charge in [0.15, 0.2) is 0 Å². The molecule has 1 aliphatic rings. The van der Waals surface area contributed by atoms with Gasteiger partial charge in [-0.05, 0) is 57.6 Å². The normalized spacial score (nSPS) is 18.0. The number of hydrogen-bond donors (Lipinski definition) is 1. The second-order valence-electron chi connectivity index (χ2n) is 5.26. The van der Waals surface area contributed by atoms with Crippen LogP contribution >= 0.6 is 11.6 Å². The molecule has 0 saturated carbocycles. The van der Waals surface area contributed by atoms with Crippen molar-refractivity contribution in [3.8, 4) is 0 Å². The largest absolute Gasteiger partial charge is 0.397 e. The Morgan fingerprint density at radius 1 is 1.33 bits per heavy atom. The highest BCUT2D eigenvalue weighted by Gasteiger charge is 2.23. The predicted octanol–water partition coefficient (Wildman–Crippen LogP) is 2.76. The van der Waals surface area contributed by atoms with E-state index >= 15 is 0 Å². The van der Waals surface area contributed by atoms with Gasteiger partial charge in [-0.1, -0.05) is 11.6 Å². The van der Waals surface area contributed by atoms with E-state index in [2.05, 4.69) is 23.9 Å². The molecule has 2 rings (SSSR count). The van der Waals surface area contributed by atoms with Gasteiger partial charge in [-0.15, -0.1) is 0 Å². The summed E-state index contributed by atoms with van der Waals surface area (Å²) >= 11 is 6.20. The summed E-state index contributed by atoms with van der Waals surface area (Å²) in [6, 6.07) is 4.33. The first-order valence-corrected chi connectivity index (χ1v) is 6.84. The standard InChI is InChI=1S/C14H22ClN3/c1-10-12(15)4-5-13(16)14(10)18(3)11-6-8-17(2)9-7-11/h4-5,11H,6-9,16H2,1-3H3. The Kier molecular flexibility index (Phi) is 4.03. The molecule has 3 nitrogen and oxygen atoms in total. The second-order valence-corrected chi connectivity index (χ2v) is 5.66. The van der Waals surface area contributed by atoms with E-state index in [1.165, 1.54) is 12.8 Å². The van der Waals surface area contributed by atoms with Crippen molar-refractivity contribution in [2.45, 2.75) is 25.8 Å². The monoisotopic (exact) mass is 267 g/mol. The third kappa shape index (κ3) is 2.57. The zero-order valence-corrected chi connectivity index (χ0v) is 12.2. The Bertz CT molecular complexity index is 425. The summed E-state index contributed by atoms with van der Waals surface area (Å²) in [5.41, 5.74) is 9.11. The highest BCUT2D eigenvalue weighted by Crippen LogP contribution is 2.34. The first-order valence-electron chi connectivity index (χ1n) is 6.46. The molecule has 1 fully saturated rings. The van der Waals surface area contributed by atoms with E-state index in [4.69, 9.17) is 17.3 Å². The van der Waals surface area contributed by atoms with Gasteiger partial charge in [-0.25, -0.2) is 0 Å². The van der Waals surface area contributed by atoms with Crippen LogP contribution in [-0.2, 0) is 0 Å². The van der Waals surface area contributed by atoms with Crippen LogP contribution in [-0.4, -0.2) is 38.1 Å². The lowest BCUT2D eigenvalue weighted by Gasteiger charge is -2.37. The van der Waals surface area contributed by atoms with Gasteiger partial charge in [-0.2, -0.15) is 0 Å². The van der Waals surface area contributed by atoms with E-state index in [9.17, 15) is 0 Å². The van der Waals surface area contributed by atoms with Crippen LogP contribution in [0.1, 0.15) is 18.4 Å². The Morgan fingerprint density at radius 3 is 2.56 bits per heavy atom. The van der Waals surface area contributed by atoms with Crippen molar-refractivity contribution in [1.82, 2.24) is 4.90 Å². The van der Waals surface area contributed by atoms with Crippen molar-refractivity contribution in [2.24, 2.45) is 0 Å². The number of halogens is 1. The van der Waals surface area contributed by atoms with E-state index in [1.54, 1.807) is 0 Å². The summed E-state index contributed by atoms with van der Waals surface area (Å²) in [6.45, 7) is 4.34. The van der Waals surface area contributed by atoms with Crippen LogP contribution in [0.2, 0.25) is 5.02 Å². The number of nitrogens with zero attached hydrogens (tertiary/aromatic N) is 2. The molecule has 1 aromatic carbocycles. The maximum absolute atomic E-state index is 6.20. The molecule has 0 aromatic heterocycles. The van der Waals surface area contributed by atoms with Crippen molar-refractivity contribution in [3.05, 3.63) is 22.7 Å². The molecule has 1 aromatic rings. The molecule has 0 aliphatic carbocycles. The minimum absolute atomic E-state index is 0.556. The van der Waals surface area contributed by atoms with E-state index in [0.29, 0.717) is 6.04 Å². The molecule has 100 valence electrons. The van der Waals surface area contributed by atoms with E-state index in [-0.39, 0.29) is 0 Å². The second kappa shape index (κ2) is 5.37. The Morgan fingerprint density at radius 2 is 1.94 bits per heavy atom. The lowest BCUT2D eigenvalue weighted by atomic mass is 10.0. The third-order valence-electron chi connectivity index (χ3n) is 3.98. The van der Waals surface area contributed by atoms with Gasteiger partial charge < -0.3 is 15.5 Å². The molecule has 0 radical (unpaired) electrons. The first-order chi connectivity index (χ1) is 8.50. The summed E-state index contributed by atoms with van der Waals surface area (Å²) in [5, 5.41) is 0.791. The average molecular weight is 268 g/mol. The minimum atomic E-state index is 0.556. The number of hydrogen-bond acceptors (Lipinski definition) is 3. The molecule has 1 saturated heterocycles. The van der Waals surface area contributed by atoms with Crippen LogP contribution in [0.5, 0.6) is 0 Å². The highest BCUT2D eigenvalue weighted by molar-refractivity contribution is 6.32. The summed E-state index contributed by atoms with van der Waals surface area (Å²) in [4.78, 5) is 4.68. The Balaban J connectivity index is 2.23. The summed E-state index contributed by atoms with van der Waals surface area (Å²) in [7, 11) is 4.31. The van der Waals surface area contributed by atoms with Gasteiger partial charge in [0.2, 0.25) is 0 Å². The number of nitrogens with two attached hydrogens (primary N) is 1. The third-order valence-corrected chi connectivity index (χ3v) is 4.39. The van der Waals surface area contributed by atoms with Crippen LogP contribution < -0.4 is 10.6 Å². The van der Waals surface area contributed by atoms with Crippen LogP contribution in [0, 0.1) is 6.92 Å². The zero-order valence-electron chi connectivity index (χ0n) is 11.4. The predicted molar refractivity (Wildman–Crippen MR) is 79.5 cm³/mol. The highest BCUT2D eigenvalue weighted by atomic mass is 35.5. The number of nitrogen functional groups attached to an aromatic ring is 1. The maximum atomic E-state index is 6.20. The summed E-state index contributed by atoms with van der Waals surface area (Å²) < 4.78 is 0. The number of rotatable bonds is 2. The van der Waals surface area contributed by atoms with Gasteiger partial charge in [0, 0.05) is 18.1 Å². The molecule has 1 heterocycles. The van der Waals surface area contributed by atoms with Gasteiger partial charge in [0.25, 0.3) is 0 Å². The van der Waals surface area contributed by atoms with Crippen molar-refractivity contribution >= 4 is 23.0 Å². The summed E-state index contributed by atoms with van der Waals surface area (Å²) in [5.74, 6) is 0. The van der Waals surface area contributed by atoms with Gasteiger partial charge in [0.1, 0.15) is 0 Å². The van der Waals surface area contributed by atoms with Gasteiger partial charge in [0.05, 0.1) is 11.4 Å². The van der Waals surface area contributed by atoms with Crippen LogP contribution in [0.3, 0.4) is 0 Å². The molecule has 0 bridgehead atoms. The fraction of sp³-hybridized carbons (Fsp3) is 0.571. The van der Waals surface area contributed by atoms with E-state index in [0.717, 1.165) is 35.1 Å². The molecule has 0 spiro atoms. The maximum Gasteiger partial charge on any atom is 0.0644 e. The van der Waals surface area contributed by atoms with Crippen LogP contribution in [0.4, 0.5) is 11.4 Å². The van der Waals surface area contributed by atoms with E-state index in [1.807, 2.05) is 19.1 Å². The fourth-order valence-electron chi connectivity index (χ4n) is 2.73. The molecule has 18 heavy (non-hydrogen) atoms. The molecule has 1 aliphatic heterocycles. The molecule has 0 atom stereocenters. The van der Waals surface area contributed by atoms with Crippen LogP contribution in [0.25, 0.3) is 0 Å². The molecule has 2 N–H and O–H groups in total. The van der Waals surface area contributed by atoms with Crippen molar-refractivity contribution in [1.29, 1.82) is 0 Å². The van der Waals surface area contributed by atoms with E-state index < -0.39 is 0 Å². The quantitative estimate of drug-likeness (QED) is 0.837. The smallest absolute Gasteiger partial charge is 0.0644 e. The lowest BCUT2D eigenvalue weighted by Crippen LogP contribution is -2.42. The molecule has 4 heteroatoms. The van der Waals surface area contributed by atoms with Crippen molar-refractivity contribution in [2.75, 3.05) is 37.8 Å². The SMILES string of the molecule is Cc1c(Cl)ccc(N)c1N(C)C1CCN(C)CC1.